The van der Waals surface area contributed by atoms with Gasteiger partial charge in [-0.3, -0.25) is 14.9 Å². The third-order valence-corrected chi connectivity index (χ3v) is 8.32. The summed E-state index contributed by atoms with van der Waals surface area (Å²) in [5.74, 6) is 4.84. The highest BCUT2D eigenvalue weighted by atomic mass is 32.2. The zero-order valence-corrected chi connectivity index (χ0v) is 15.7. The van der Waals surface area contributed by atoms with E-state index in [4.69, 9.17) is 0 Å². The van der Waals surface area contributed by atoms with Crippen molar-refractivity contribution in [3.8, 4) is 0 Å². The van der Waals surface area contributed by atoms with Crippen LogP contribution >= 0.6 is 11.8 Å². The van der Waals surface area contributed by atoms with Crippen LogP contribution in [0.3, 0.4) is 0 Å². The van der Waals surface area contributed by atoms with E-state index < -0.39 is 0 Å². The van der Waals surface area contributed by atoms with E-state index in [9.17, 15) is 9.59 Å². The molecule has 2 heterocycles. The normalized spacial score (nSPS) is 42.9. The molecule has 4 saturated carbocycles. The first-order chi connectivity index (χ1) is 12.1. The molecule has 4 bridgehead atoms. The monoisotopic (exact) mass is 363 g/mol. The van der Waals surface area contributed by atoms with Crippen LogP contribution in [0, 0.1) is 23.2 Å². The van der Waals surface area contributed by atoms with Crippen molar-refractivity contribution in [3.63, 3.8) is 0 Å². The smallest absolute Gasteiger partial charge is 0.240 e. The predicted octanol–water partition coefficient (Wildman–Crippen LogP) is 1.54. The maximum Gasteiger partial charge on any atom is 0.240 e. The van der Waals surface area contributed by atoms with E-state index in [2.05, 4.69) is 10.2 Å². The number of amides is 2. The zero-order valence-electron chi connectivity index (χ0n) is 14.9. The van der Waals surface area contributed by atoms with Gasteiger partial charge in [0, 0.05) is 37.8 Å². The highest BCUT2D eigenvalue weighted by Crippen LogP contribution is 2.60. The molecule has 0 aromatic carbocycles. The Bertz CT molecular complexity index is 532. The van der Waals surface area contributed by atoms with Gasteiger partial charge in [-0.1, -0.05) is 0 Å². The molecule has 6 heteroatoms. The van der Waals surface area contributed by atoms with Crippen molar-refractivity contribution in [1.29, 1.82) is 0 Å². The molecule has 6 aliphatic rings. The molecule has 2 saturated heterocycles. The van der Waals surface area contributed by atoms with Crippen LogP contribution in [-0.4, -0.2) is 65.5 Å². The first-order valence-electron chi connectivity index (χ1n) is 10.0. The molecule has 5 nitrogen and oxygen atoms in total. The van der Waals surface area contributed by atoms with Gasteiger partial charge in [-0.05, 0) is 56.3 Å². The van der Waals surface area contributed by atoms with Crippen LogP contribution in [0.4, 0.5) is 0 Å². The van der Waals surface area contributed by atoms with Gasteiger partial charge in [0.15, 0.2) is 0 Å². The topological polar surface area (TPSA) is 52.7 Å². The molecule has 4 aliphatic carbocycles. The minimum atomic E-state index is -0.0371. The molecule has 1 N–H and O–H groups in total. The lowest BCUT2D eigenvalue weighted by Crippen LogP contribution is -2.59. The Hall–Kier alpha value is -0.750. The number of carbonyl (C=O) groups excluding carboxylic acids is 2. The van der Waals surface area contributed by atoms with Crippen LogP contribution in [0.5, 0.6) is 0 Å². The Labute approximate surface area is 154 Å². The van der Waals surface area contributed by atoms with E-state index in [0.717, 1.165) is 61.7 Å². The van der Waals surface area contributed by atoms with E-state index in [1.54, 1.807) is 11.8 Å². The van der Waals surface area contributed by atoms with Gasteiger partial charge in [-0.15, -0.1) is 11.8 Å². The first kappa shape index (κ1) is 16.4. The quantitative estimate of drug-likeness (QED) is 0.809. The predicted molar refractivity (Wildman–Crippen MR) is 98.0 cm³/mol. The number of hydrogen-bond acceptors (Lipinski definition) is 4. The standard InChI is InChI=1S/C19H29N3O2S/c23-17(16-11-25-12-20-16)21-1-3-22(4-2-21)18(24)19-8-13-5-14(9-19)7-15(6-13)10-19/h13-16,20H,1-12H2. The van der Waals surface area contributed by atoms with Crippen molar-refractivity contribution in [1.82, 2.24) is 15.1 Å². The molecule has 0 aromatic heterocycles. The lowest BCUT2D eigenvalue weighted by molar-refractivity contribution is -0.160. The molecule has 1 atom stereocenters. The summed E-state index contributed by atoms with van der Waals surface area (Å²) in [6.45, 7) is 2.87. The largest absolute Gasteiger partial charge is 0.339 e. The van der Waals surface area contributed by atoms with Crippen molar-refractivity contribution in [3.05, 3.63) is 0 Å². The maximum absolute atomic E-state index is 13.4. The summed E-state index contributed by atoms with van der Waals surface area (Å²) in [4.78, 5) is 30.0. The molecule has 0 radical (unpaired) electrons. The summed E-state index contributed by atoms with van der Waals surface area (Å²) in [7, 11) is 0. The second-order valence-electron chi connectivity index (χ2n) is 9.09. The molecule has 1 unspecified atom stereocenters. The van der Waals surface area contributed by atoms with Crippen molar-refractivity contribution < 1.29 is 9.59 Å². The molecule has 25 heavy (non-hydrogen) atoms. The Morgan fingerprint density at radius 1 is 0.880 bits per heavy atom. The summed E-state index contributed by atoms with van der Waals surface area (Å²) in [6, 6.07) is -0.0181. The van der Waals surface area contributed by atoms with Crippen molar-refractivity contribution in [2.75, 3.05) is 37.8 Å². The molecular formula is C19H29N3O2S. The molecule has 2 aliphatic heterocycles. The number of nitrogens with one attached hydrogen (secondary N) is 1. The highest BCUT2D eigenvalue weighted by molar-refractivity contribution is 7.99. The Morgan fingerprint density at radius 3 is 1.96 bits per heavy atom. The van der Waals surface area contributed by atoms with E-state index in [1.807, 2.05) is 4.90 Å². The van der Waals surface area contributed by atoms with Crippen molar-refractivity contribution >= 4 is 23.6 Å². The van der Waals surface area contributed by atoms with Crippen LogP contribution in [-0.2, 0) is 9.59 Å². The van der Waals surface area contributed by atoms with Gasteiger partial charge in [-0.2, -0.15) is 0 Å². The first-order valence-corrected chi connectivity index (χ1v) is 11.2. The number of carbonyl (C=O) groups is 2. The fourth-order valence-electron chi connectivity index (χ4n) is 6.61. The van der Waals surface area contributed by atoms with Gasteiger partial charge in [0.05, 0.1) is 11.5 Å². The highest BCUT2D eigenvalue weighted by Gasteiger charge is 2.55. The van der Waals surface area contributed by atoms with Gasteiger partial charge >= 0.3 is 0 Å². The van der Waals surface area contributed by atoms with Gasteiger partial charge < -0.3 is 9.80 Å². The SMILES string of the molecule is O=C(C1CSCN1)N1CCN(C(=O)C23CC4CC(CC(C4)C2)C3)CC1. The fraction of sp³-hybridized carbons (Fsp3) is 0.895. The fourth-order valence-corrected chi connectivity index (χ4v) is 7.55. The van der Waals surface area contributed by atoms with Crippen LogP contribution in [0.25, 0.3) is 0 Å². The minimum absolute atomic E-state index is 0.0181. The second-order valence-corrected chi connectivity index (χ2v) is 10.1. The number of hydrogen-bond donors (Lipinski definition) is 1. The van der Waals surface area contributed by atoms with Crippen molar-refractivity contribution in [2.24, 2.45) is 23.2 Å². The average molecular weight is 364 g/mol. The van der Waals surface area contributed by atoms with E-state index in [0.29, 0.717) is 19.0 Å². The Morgan fingerprint density at radius 2 is 1.44 bits per heavy atom. The number of rotatable bonds is 2. The van der Waals surface area contributed by atoms with Crippen LogP contribution in [0.2, 0.25) is 0 Å². The van der Waals surface area contributed by atoms with Gasteiger partial charge in [0.1, 0.15) is 0 Å². The van der Waals surface area contributed by atoms with Gasteiger partial charge in [0.2, 0.25) is 11.8 Å². The van der Waals surface area contributed by atoms with Gasteiger partial charge in [0.25, 0.3) is 0 Å². The number of nitrogens with zero attached hydrogens (tertiary/aromatic N) is 2. The third kappa shape index (κ3) is 2.80. The molecule has 2 amide bonds. The minimum Gasteiger partial charge on any atom is -0.339 e. The van der Waals surface area contributed by atoms with Gasteiger partial charge in [-0.25, -0.2) is 0 Å². The molecule has 6 rings (SSSR count). The molecular weight excluding hydrogens is 334 g/mol. The van der Waals surface area contributed by atoms with Crippen LogP contribution < -0.4 is 5.32 Å². The number of thioether (sulfide) groups is 1. The average Bonchev–Trinajstić information content (AvgIpc) is 3.14. The Kier molecular flexibility index (Phi) is 4.04. The van der Waals surface area contributed by atoms with Crippen LogP contribution in [0.1, 0.15) is 38.5 Å². The maximum atomic E-state index is 13.4. The Balaban J connectivity index is 1.22. The molecule has 0 aromatic rings. The summed E-state index contributed by atoms with van der Waals surface area (Å²) < 4.78 is 0. The lowest BCUT2D eigenvalue weighted by Gasteiger charge is -2.57. The van der Waals surface area contributed by atoms with E-state index in [-0.39, 0.29) is 17.4 Å². The summed E-state index contributed by atoms with van der Waals surface area (Å²) in [6.07, 6.45) is 7.55. The third-order valence-electron chi connectivity index (χ3n) is 7.38. The summed E-state index contributed by atoms with van der Waals surface area (Å²) in [5, 5.41) is 3.27. The molecule has 0 spiro atoms. The second kappa shape index (κ2) is 6.15. The summed E-state index contributed by atoms with van der Waals surface area (Å²) in [5.41, 5.74) is -0.0371. The lowest BCUT2D eigenvalue weighted by atomic mass is 9.49. The zero-order chi connectivity index (χ0) is 17.0. The van der Waals surface area contributed by atoms with E-state index >= 15 is 0 Å². The summed E-state index contributed by atoms with van der Waals surface area (Å²) >= 11 is 1.79. The number of piperazine rings is 1. The van der Waals surface area contributed by atoms with E-state index in [1.165, 1.54) is 19.3 Å². The van der Waals surface area contributed by atoms with Crippen molar-refractivity contribution in [2.45, 2.75) is 44.6 Å². The molecule has 6 fully saturated rings. The molecule has 138 valence electrons. The van der Waals surface area contributed by atoms with Crippen LogP contribution in [0.15, 0.2) is 0 Å².